The molecule has 0 radical (unpaired) electrons. The molecule has 1 N–H and O–H groups in total. The first kappa shape index (κ1) is 17.6. The third-order valence-corrected chi connectivity index (χ3v) is 2.91. The van der Waals surface area contributed by atoms with E-state index < -0.39 is 35.5 Å². The maximum absolute atomic E-state index is 13.3. The van der Waals surface area contributed by atoms with Crippen molar-refractivity contribution in [3.63, 3.8) is 0 Å². The van der Waals surface area contributed by atoms with Crippen LogP contribution in [-0.2, 0) is 14.3 Å². The molecular formula is C16H17F2NO3. The highest BCUT2D eigenvalue weighted by Gasteiger charge is 2.25. The van der Waals surface area contributed by atoms with Crippen LogP contribution in [0.15, 0.2) is 18.2 Å². The number of ether oxygens (including phenoxy) is 1. The molecule has 0 spiro atoms. The van der Waals surface area contributed by atoms with E-state index in [1.54, 1.807) is 6.92 Å². The Bertz CT molecular complexity index is 575. The van der Waals surface area contributed by atoms with E-state index in [1.807, 2.05) is 0 Å². The van der Waals surface area contributed by atoms with Gasteiger partial charge in [-0.15, -0.1) is 6.42 Å². The third kappa shape index (κ3) is 5.17. The molecule has 0 fully saturated rings. The maximum atomic E-state index is 13.3. The molecule has 0 saturated heterocycles. The van der Waals surface area contributed by atoms with Gasteiger partial charge >= 0.3 is 5.97 Å². The maximum Gasteiger partial charge on any atom is 0.328 e. The summed E-state index contributed by atoms with van der Waals surface area (Å²) in [4.78, 5) is 23.0. The molecule has 1 rings (SSSR count). The van der Waals surface area contributed by atoms with Crippen molar-refractivity contribution in [1.29, 1.82) is 0 Å². The molecule has 0 unspecified atom stereocenters. The summed E-state index contributed by atoms with van der Waals surface area (Å²) in [5.41, 5.74) is 0.222. The lowest BCUT2D eigenvalue weighted by Crippen LogP contribution is -2.41. The van der Waals surface area contributed by atoms with Gasteiger partial charge in [-0.2, -0.15) is 0 Å². The van der Waals surface area contributed by atoms with Crippen LogP contribution in [0.4, 0.5) is 8.78 Å². The summed E-state index contributed by atoms with van der Waals surface area (Å²) in [6.07, 6.45) is 5.38. The predicted molar refractivity (Wildman–Crippen MR) is 76.8 cm³/mol. The average Bonchev–Trinajstić information content (AvgIpc) is 2.42. The summed E-state index contributed by atoms with van der Waals surface area (Å²) >= 11 is 0. The monoisotopic (exact) mass is 309 g/mol. The first-order valence-corrected chi connectivity index (χ1v) is 6.73. The van der Waals surface area contributed by atoms with Gasteiger partial charge in [-0.25, -0.2) is 13.6 Å². The summed E-state index contributed by atoms with van der Waals surface area (Å²) in [6.45, 7) is 3.02. The smallest absolute Gasteiger partial charge is 0.328 e. The summed E-state index contributed by atoms with van der Waals surface area (Å²) in [5.74, 6) is -0.961. The molecule has 0 aliphatic carbocycles. The lowest BCUT2D eigenvalue weighted by atomic mass is 9.92. The van der Waals surface area contributed by atoms with E-state index >= 15 is 0 Å². The van der Waals surface area contributed by atoms with Gasteiger partial charge in [-0.1, -0.05) is 5.92 Å². The van der Waals surface area contributed by atoms with Gasteiger partial charge in [0.05, 0.1) is 6.61 Å². The summed E-state index contributed by atoms with van der Waals surface area (Å²) in [6, 6.07) is 1.95. The second-order valence-corrected chi connectivity index (χ2v) is 4.66. The number of terminal acetylenes is 1. The van der Waals surface area contributed by atoms with Gasteiger partial charge in [-0.05, 0) is 31.0 Å². The molecule has 4 nitrogen and oxygen atoms in total. The first-order valence-electron chi connectivity index (χ1n) is 6.73. The van der Waals surface area contributed by atoms with Crippen LogP contribution >= 0.6 is 0 Å². The van der Waals surface area contributed by atoms with Crippen molar-refractivity contribution in [3.8, 4) is 12.3 Å². The SMILES string of the molecule is C#C[C@@H](C[C@@H](NC(C)=O)C(=O)OCC)c1cc(F)cc(F)c1. The highest BCUT2D eigenvalue weighted by atomic mass is 19.1. The van der Waals surface area contributed by atoms with Crippen molar-refractivity contribution in [2.24, 2.45) is 0 Å². The van der Waals surface area contributed by atoms with Crippen molar-refractivity contribution < 1.29 is 23.1 Å². The van der Waals surface area contributed by atoms with E-state index in [-0.39, 0.29) is 18.6 Å². The number of halogens is 2. The number of carbonyl (C=O) groups is 2. The lowest BCUT2D eigenvalue weighted by Gasteiger charge is -2.20. The molecule has 0 aromatic heterocycles. The second kappa shape index (κ2) is 8.13. The van der Waals surface area contributed by atoms with Crippen LogP contribution in [0.2, 0.25) is 0 Å². The lowest BCUT2D eigenvalue weighted by molar-refractivity contribution is -0.147. The summed E-state index contributed by atoms with van der Waals surface area (Å²) in [7, 11) is 0. The molecule has 1 amide bonds. The average molecular weight is 309 g/mol. The van der Waals surface area contributed by atoms with E-state index in [0.29, 0.717) is 0 Å². The van der Waals surface area contributed by atoms with Crippen LogP contribution in [0.3, 0.4) is 0 Å². The van der Waals surface area contributed by atoms with E-state index in [1.165, 1.54) is 6.92 Å². The Balaban J connectivity index is 2.99. The fourth-order valence-electron chi connectivity index (χ4n) is 2.01. The third-order valence-electron chi connectivity index (χ3n) is 2.91. The first-order chi connectivity index (χ1) is 10.4. The Hall–Kier alpha value is -2.42. The van der Waals surface area contributed by atoms with Gasteiger partial charge in [0.25, 0.3) is 0 Å². The fraction of sp³-hybridized carbons (Fsp3) is 0.375. The number of rotatable bonds is 6. The Morgan fingerprint density at radius 3 is 2.36 bits per heavy atom. The van der Waals surface area contributed by atoms with Gasteiger partial charge in [0.15, 0.2) is 0 Å². The highest BCUT2D eigenvalue weighted by Crippen LogP contribution is 2.23. The molecule has 22 heavy (non-hydrogen) atoms. The van der Waals surface area contributed by atoms with Crippen molar-refractivity contribution in [2.75, 3.05) is 6.61 Å². The van der Waals surface area contributed by atoms with Crippen LogP contribution in [0, 0.1) is 24.0 Å². The Morgan fingerprint density at radius 2 is 1.91 bits per heavy atom. The van der Waals surface area contributed by atoms with E-state index in [4.69, 9.17) is 11.2 Å². The van der Waals surface area contributed by atoms with Crippen LogP contribution in [0.1, 0.15) is 31.7 Å². The van der Waals surface area contributed by atoms with Gasteiger partial charge in [0.2, 0.25) is 5.91 Å². The van der Waals surface area contributed by atoms with Crippen LogP contribution in [-0.4, -0.2) is 24.5 Å². The number of esters is 1. The largest absolute Gasteiger partial charge is 0.464 e. The normalized spacial score (nSPS) is 12.9. The number of hydrogen-bond donors (Lipinski definition) is 1. The second-order valence-electron chi connectivity index (χ2n) is 4.66. The number of nitrogens with one attached hydrogen (secondary N) is 1. The number of hydrogen-bond acceptors (Lipinski definition) is 3. The van der Waals surface area contributed by atoms with Gasteiger partial charge in [0, 0.05) is 18.9 Å². The topological polar surface area (TPSA) is 55.4 Å². The standard InChI is InChI=1S/C16H17F2NO3/c1-4-11(12-6-13(17)9-14(18)7-12)8-15(19-10(3)20)16(21)22-5-2/h1,6-7,9,11,15H,5,8H2,2-3H3,(H,19,20)/t11-,15+/m0/s1. The summed E-state index contributed by atoms with van der Waals surface area (Å²) in [5, 5.41) is 2.43. The van der Waals surface area contributed by atoms with E-state index in [2.05, 4.69) is 11.2 Å². The van der Waals surface area contributed by atoms with Gasteiger partial charge < -0.3 is 10.1 Å². The highest BCUT2D eigenvalue weighted by molar-refractivity contribution is 5.83. The molecule has 1 aromatic carbocycles. The van der Waals surface area contributed by atoms with Crippen molar-refractivity contribution in [1.82, 2.24) is 5.32 Å². The molecule has 2 atom stereocenters. The number of benzene rings is 1. The molecule has 0 bridgehead atoms. The molecule has 0 heterocycles. The zero-order valence-electron chi connectivity index (χ0n) is 12.4. The quantitative estimate of drug-likeness (QED) is 0.647. The van der Waals surface area contributed by atoms with Crippen molar-refractivity contribution in [2.45, 2.75) is 32.2 Å². The van der Waals surface area contributed by atoms with Gasteiger partial charge in [-0.3, -0.25) is 4.79 Å². The Kier molecular flexibility index (Phi) is 6.51. The molecule has 0 aliphatic heterocycles. The van der Waals surface area contributed by atoms with Crippen LogP contribution < -0.4 is 5.32 Å². The minimum absolute atomic E-state index is 0.0161. The molecule has 1 aromatic rings. The van der Waals surface area contributed by atoms with E-state index in [9.17, 15) is 18.4 Å². The molecule has 118 valence electrons. The molecule has 0 aliphatic rings. The zero-order chi connectivity index (χ0) is 16.7. The molecule has 0 saturated carbocycles. The predicted octanol–water partition coefficient (Wildman–Crippen LogP) is 2.14. The van der Waals surface area contributed by atoms with E-state index in [0.717, 1.165) is 18.2 Å². The Morgan fingerprint density at radius 1 is 1.32 bits per heavy atom. The molecular weight excluding hydrogens is 292 g/mol. The molecule has 6 heteroatoms. The van der Waals surface area contributed by atoms with Crippen LogP contribution in [0.5, 0.6) is 0 Å². The zero-order valence-corrected chi connectivity index (χ0v) is 12.4. The minimum atomic E-state index is -0.982. The van der Waals surface area contributed by atoms with Crippen molar-refractivity contribution >= 4 is 11.9 Å². The van der Waals surface area contributed by atoms with Gasteiger partial charge in [0.1, 0.15) is 17.7 Å². The van der Waals surface area contributed by atoms with Crippen LogP contribution in [0.25, 0.3) is 0 Å². The minimum Gasteiger partial charge on any atom is -0.464 e. The number of carbonyl (C=O) groups excluding carboxylic acids is 2. The van der Waals surface area contributed by atoms with Crippen molar-refractivity contribution in [3.05, 3.63) is 35.4 Å². The Labute approximate surface area is 127 Å². The number of amides is 1. The summed E-state index contributed by atoms with van der Waals surface area (Å²) < 4.78 is 31.4. The fourth-order valence-corrected chi connectivity index (χ4v) is 2.01.